The molecule has 2 amide bonds. The second-order valence-electron chi connectivity index (χ2n) is 8.90. The van der Waals surface area contributed by atoms with Gasteiger partial charge in [-0.3, -0.25) is 14.6 Å². The van der Waals surface area contributed by atoms with Crippen LogP contribution in [0.15, 0.2) is 48.8 Å². The molecule has 2 fully saturated rings. The molecule has 2 aromatic rings. The molecular weight excluding hydrogens is 362 g/mol. The maximum Gasteiger partial charge on any atom is 0.237 e. The zero-order valence-corrected chi connectivity index (χ0v) is 16.8. The Morgan fingerprint density at radius 3 is 2.69 bits per heavy atom. The van der Waals surface area contributed by atoms with E-state index in [-0.39, 0.29) is 23.8 Å². The average Bonchev–Trinajstić information content (AvgIpc) is 3.28. The van der Waals surface area contributed by atoms with Crippen LogP contribution in [0.25, 0.3) is 0 Å². The molecule has 2 unspecified atom stereocenters. The number of rotatable bonds is 2. The second-order valence-corrected chi connectivity index (χ2v) is 8.90. The van der Waals surface area contributed by atoms with Gasteiger partial charge >= 0.3 is 0 Å². The van der Waals surface area contributed by atoms with Gasteiger partial charge in [0.1, 0.15) is 5.41 Å². The van der Waals surface area contributed by atoms with Gasteiger partial charge in [0, 0.05) is 30.5 Å². The summed E-state index contributed by atoms with van der Waals surface area (Å²) in [5.41, 5.74) is 2.07. The summed E-state index contributed by atoms with van der Waals surface area (Å²) < 4.78 is 0. The summed E-state index contributed by atoms with van der Waals surface area (Å²) in [4.78, 5) is 33.3. The van der Waals surface area contributed by atoms with Gasteiger partial charge in [0.05, 0.1) is 6.04 Å². The maximum atomic E-state index is 13.6. The Balaban J connectivity index is 1.58. The van der Waals surface area contributed by atoms with E-state index in [0.29, 0.717) is 18.9 Å². The molecule has 1 saturated carbocycles. The summed E-state index contributed by atoms with van der Waals surface area (Å²) in [6.45, 7) is 2.87. The molecule has 0 bridgehead atoms. The number of fused-ring (bicyclic) bond motifs is 2. The number of carbonyl (C=O) groups excluding carboxylic acids is 2. The van der Waals surface area contributed by atoms with Crippen molar-refractivity contribution >= 4 is 17.5 Å². The van der Waals surface area contributed by atoms with Gasteiger partial charge in [-0.15, -0.1) is 0 Å². The molecular formula is C24H27N3O2. The molecule has 5 heteroatoms. The Morgan fingerprint density at radius 1 is 1.14 bits per heavy atom. The molecule has 1 aromatic carbocycles. The lowest BCUT2D eigenvalue weighted by atomic mass is 9.72. The fourth-order valence-corrected chi connectivity index (χ4v) is 5.67. The second kappa shape index (κ2) is 6.97. The van der Waals surface area contributed by atoms with E-state index in [2.05, 4.69) is 17.2 Å². The first-order valence-electron chi connectivity index (χ1n) is 10.7. The van der Waals surface area contributed by atoms with Crippen LogP contribution in [0.5, 0.6) is 0 Å². The van der Waals surface area contributed by atoms with Crippen molar-refractivity contribution in [3.63, 3.8) is 0 Å². The summed E-state index contributed by atoms with van der Waals surface area (Å²) >= 11 is 0. The van der Waals surface area contributed by atoms with Crippen LogP contribution in [0.1, 0.15) is 56.2 Å². The summed E-state index contributed by atoms with van der Waals surface area (Å²) in [6.07, 6.45) is 8.31. The minimum Gasteiger partial charge on any atom is -0.334 e. The number of benzene rings is 1. The van der Waals surface area contributed by atoms with Crippen LogP contribution in [-0.2, 0) is 15.0 Å². The third kappa shape index (κ3) is 2.78. The number of anilines is 1. The van der Waals surface area contributed by atoms with Gasteiger partial charge in [0.15, 0.2) is 0 Å². The van der Waals surface area contributed by atoms with E-state index < -0.39 is 5.41 Å². The fourth-order valence-electron chi connectivity index (χ4n) is 5.67. The van der Waals surface area contributed by atoms with E-state index in [1.54, 1.807) is 6.20 Å². The van der Waals surface area contributed by atoms with Gasteiger partial charge < -0.3 is 10.2 Å². The van der Waals surface area contributed by atoms with Crippen LogP contribution in [0, 0.1) is 11.8 Å². The number of hydrogen-bond donors (Lipinski definition) is 1. The SMILES string of the molecule is CC1CCC(C(=O)N2CCC3(C(=O)Nc4ccccc43)C2c2cccnc2)CC1. The van der Waals surface area contributed by atoms with E-state index in [1.807, 2.05) is 47.5 Å². The molecule has 5 rings (SSSR count). The first kappa shape index (κ1) is 18.3. The first-order chi connectivity index (χ1) is 14.1. The standard InChI is InChI=1S/C24H27N3O2/c1-16-8-10-17(11-9-16)22(28)27-14-12-24(21(27)18-5-4-13-25-15-18)19-6-2-3-7-20(19)26-23(24)29/h2-7,13,15-17,21H,8-12,14H2,1H3,(H,26,29). The zero-order valence-electron chi connectivity index (χ0n) is 16.8. The topological polar surface area (TPSA) is 62.3 Å². The van der Waals surface area contributed by atoms with Gasteiger partial charge in [-0.05, 0) is 61.3 Å². The molecule has 1 aliphatic carbocycles. The number of likely N-dealkylation sites (tertiary alicyclic amines) is 1. The van der Waals surface area contributed by atoms with Crippen LogP contribution in [0.2, 0.25) is 0 Å². The maximum absolute atomic E-state index is 13.6. The highest BCUT2D eigenvalue weighted by Crippen LogP contribution is 2.55. The molecule has 3 heterocycles. The number of aromatic nitrogens is 1. The normalized spacial score (nSPS) is 31.0. The molecule has 1 N–H and O–H groups in total. The van der Waals surface area contributed by atoms with Crippen molar-refractivity contribution in [2.24, 2.45) is 11.8 Å². The molecule has 2 atom stereocenters. The minimum atomic E-state index is -0.739. The van der Waals surface area contributed by atoms with E-state index >= 15 is 0 Å². The lowest BCUT2D eigenvalue weighted by Crippen LogP contribution is -2.44. The molecule has 1 spiro atoms. The number of para-hydroxylation sites is 1. The van der Waals surface area contributed by atoms with Gasteiger partial charge in [-0.1, -0.05) is 31.2 Å². The number of pyridine rings is 1. The molecule has 29 heavy (non-hydrogen) atoms. The summed E-state index contributed by atoms with van der Waals surface area (Å²) in [5.74, 6) is 0.978. The van der Waals surface area contributed by atoms with Crippen LogP contribution in [-0.4, -0.2) is 28.2 Å². The summed E-state index contributed by atoms with van der Waals surface area (Å²) in [5, 5.41) is 3.08. The molecule has 2 aliphatic heterocycles. The van der Waals surface area contributed by atoms with Crippen molar-refractivity contribution in [1.29, 1.82) is 0 Å². The zero-order chi connectivity index (χ0) is 20.0. The van der Waals surface area contributed by atoms with Crippen LogP contribution >= 0.6 is 0 Å². The lowest BCUT2D eigenvalue weighted by Gasteiger charge is -2.37. The predicted molar refractivity (Wildman–Crippen MR) is 111 cm³/mol. The van der Waals surface area contributed by atoms with Gasteiger partial charge in [-0.2, -0.15) is 0 Å². The Hall–Kier alpha value is -2.69. The monoisotopic (exact) mass is 389 g/mol. The van der Waals surface area contributed by atoms with Gasteiger partial charge in [0.2, 0.25) is 11.8 Å². The third-order valence-corrected chi connectivity index (χ3v) is 7.23. The molecule has 3 aliphatic rings. The Kier molecular flexibility index (Phi) is 4.41. The van der Waals surface area contributed by atoms with Gasteiger partial charge in [0.25, 0.3) is 0 Å². The number of nitrogens with zero attached hydrogens (tertiary/aromatic N) is 2. The number of hydrogen-bond acceptors (Lipinski definition) is 3. The smallest absolute Gasteiger partial charge is 0.237 e. The van der Waals surface area contributed by atoms with Crippen molar-refractivity contribution in [1.82, 2.24) is 9.88 Å². The van der Waals surface area contributed by atoms with Crippen molar-refractivity contribution in [3.8, 4) is 0 Å². The van der Waals surface area contributed by atoms with E-state index in [9.17, 15) is 9.59 Å². The Labute approximate surface area is 171 Å². The van der Waals surface area contributed by atoms with Crippen molar-refractivity contribution in [2.75, 3.05) is 11.9 Å². The summed E-state index contributed by atoms with van der Waals surface area (Å²) in [7, 11) is 0. The highest BCUT2D eigenvalue weighted by Gasteiger charge is 2.59. The highest BCUT2D eigenvalue weighted by atomic mass is 16.2. The average molecular weight is 389 g/mol. The van der Waals surface area contributed by atoms with Crippen molar-refractivity contribution in [3.05, 3.63) is 59.9 Å². The largest absolute Gasteiger partial charge is 0.334 e. The van der Waals surface area contributed by atoms with Crippen LogP contribution < -0.4 is 5.32 Å². The van der Waals surface area contributed by atoms with E-state index in [4.69, 9.17) is 0 Å². The summed E-state index contributed by atoms with van der Waals surface area (Å²) in [6, 6.07) is 11.5. The first-order valence-corrected chi connectivity index (χ1v) is 10.7. The van der Waals surface area contributed by atoms with E-state index in [1.165, 1.54) is 0 Å². The Bertz CT molecular complexity index is 936. The van der Waals surface area contributed by atoms with Crippen LogP contribution in [0.4, 0.5) is 5.69 Å². The number of amides is 2. The predicted octanol–water partition coefficient (Wildman–Crippen LogP) is 4.07. The quantitative estimate of drug-likeness (QED) is 0.842. The van der Waals surface area contributed by atoms with Crippen molar-refractivity contribution < 1.29 is 9.59 Å². The molecule has 5 nitrogen and oxygen atoms in total. The van der Waals surface area contributed by atoms with Crippen molar-refractivity contribution in [2.45, 2.75) is 50.5 Å². The highest BCUT2D eigenvalue weighted by molar-refractivity contribution is 6.07. The van der Waals surface area contributed by atoms with Gasteiger partial charge in [-0.25, -0.2) is 0 Å². The number of nitrogens with one attached hydrogen (secondary N) is 1. The number of carbonyl (C=O) groups is 2. The molecule has 1 aromatic heterocycles. The van der Waals surface area contributed by atoms with Crippen LogP contribution in [0.3, 0.4) is 0 Å². The fraction of sp³-hybridized carbons (Fsp3) is 0.458. The lowest BCUT2D eigenvalue weighted by molar-refractivity contribution is -0.139. The Morgan fingerprint density at radius 2 is 1.93 bits per heavy atom. The molecule has 150 valence electrons. The molecule has 0 radical (unpaired) electrons. The molecule has 1 saturated heterocycles. The van der Waals surface area contributed by atoms with E-state index in [0.717, 1.165) is 42.5 Å². The third-order valence-electron chi connectivity index (χ3n) is 7.23. The minimum absolute atomic E-state index is 0.000111.